The van der Waals surface area contributed by atoms with E-state index in [1.54, 1.807) is 24.3 Å². The highest BCUT2D eigenvalue weighted by molar-refractivity contribution is 7.48. The molecule has 0 saturated carbocycles. The zero-order valence-electron chi connectivity index (χ0n) is 19.9. The summed E-state index contributed by atoms with van der Waals surface area (Å²) in [6.07, 6.45) is -3.84. The first-order valence-corrected chi connectivity index (χ1v) is 13.2. The van der Waals surface area contributed by atoms with E-state index in [1.165, 1.54) is 6.92 Å². The van der Waals surface area contributed by atoms with Gasteiger partial charge in [0.2, 0.25) is 0 Å². The van der Waals surface area contributed by atoms with Gasteiger partial charge in [-0.25, -0.2) is 13.8 Å². The lowest BCUT2D eigenvalue weighted by Gasteiger charge is -2.30. The molecule has 0 unspecified atom stereocenters. The number of nitrogens with zero attached hydrogens (tertiary/aromatic N) is 1. The van der Waals surface area contributed by atoms with Crippen molar-refractivity contribution in [3.05, 3.63) is 68.0 Å². The maximum absolute atomic E-state index is 16.1. The Bertz CT molecular complexity index is 1320. The number of carbonyl (C=O) groups is 1. The number of esters is 1. The molecule has 0 bridgehead atoms. The lowest BCUT2D eigenvalue weighted by molar-refractivity contribution is -0.159. The van der Waals surface area contributed by atoms with Crippen LogP contribution in [0.4, 0.5) is 4.39 Å². The van der Waals surface area contributed by atoms with Crippen LogP contribution in [0.2, 0.25) is 5.02 Å². The Balaban J connectivity index is 1.56. The molecule has 2 aliphatic heterocycles. The monoisotopic (exact) mass is 561 g/mol. The van der Waals surface area contributed by atoms with E-state index in [-0.39, 0.29) is 6.61 Å². The number of aromatic amines is 1. The lowest BCUT2D eigenvalue weighted by Crippen LogP contribution is -2.47. The van der Waals surface area contributed by atoms with Crippen molar-refractivity contribution in [1.29, 1.82) is 0 Å². The quantitative estimate of drug-likeness (QED) is 0.379. The number of benzene rings is 1. The number of alkyl halides is 1. The van der Waals surface area contributed by atoms with Crippen LogP contribution in [0.25, 0.3) is 0 Å². The number of ether oxygens (including phenoxy) is 2. The molecule has 202 valence electrons. The molecule has 7 atom stereocenters. The van der Waals surface area contributed by atoms with Crippen LogP contribution < -0.4 is 17.0 Å². The molecule has 0 amide bonds. The number of nitrogens with one attached hydrogen (secondary N) is 1. The lowest BCUT2D eigenvalue weighted by atomic mass is 9.98. The van der Waals surface area contributed by atoms with Gasteiger partial charge in [-0.2, -0.15) is 0 Å². The predicted octanol–water partition coefficient (Wildman–Crippen LogP) is 2.38. The molecular formula is C22H26ClFN3O9P. The number of carbonyl (C=O) groups excluding carboxylic acids is 1. The Hall–Kier alpha value is -2.38. The molecule has 3 heterocycles. The van der Waals surface area contributed by atoms with Crippen molar-refractivity contribution in [2.45, 2.75) is 56.5 Å². The molecule has 1 aromatic heterocycles. The number of aromatic nitrogens is 2. The Morgan fingerprint density at radius 1 is 1.41 bits per heavy atom. The first-order chi connectivity index (χ1) is 17.4. The number of halogens is 2. The van der Waals surface area contributed by atoms with E-state index in [0.29, 0.717) is 17.0 Å². The van der Waals surface area contributed by atoms with Crippen molar-refractivity contribution in [1.82, 2.24) is 9.55 Å². The smallest absolute Gasteiger partial charge is 0.455 e. The average Bonchev–Trinajstić information content (AvgIpc) is 3.07. The third-order valence-electron chi connectivity index (χ3n) is 5.90. The minimum atomic E-state index is -4.16. The molecule has 1 aromatic carbocycles. The molecule has 0 spiro atoms. The minimum absolute atomic E-state index is 0.0410. The summed E-state index contributed by atoms with van der Waals surface area (Å²) in [4.78, 5) is 38.0. The number of hydrogen-bond donors (Lipinski definition) is 2. The highest BCUT2D eigenvalue weighted by Crippen LogP contribution is 2.57. The van der Waals surface area contributed by atoms with Gasteiger partial charge in [-0.15, -0.1) is 0 Å². The molecule has 0 radical (unpaired) electrons. The Labute approximate surface area is 215 Å². The molecular weight excluding hydrogens is 536 g/mol. The molecule has 37 heavy (non-hydrogen) atoms. The van der Waals surface area contributed by atoms with Crippen molar-refractivity contribution < 1.29 is 36.8 Å². The summed E-state index contributed by atoms with van der Waals surface area (Å²) in [5.41, 5.74) is 2.09. The zero-order chi connectivity index (χ0) is 27.0. The van der Waals surface area contributed by atoms with Crippen LogP contribution >= 0.6 is 19.4 Å². The van der Waals surface area contributed by atoms with E-state index in [0.717, 1.165) is 23.8 Å². The van der Waals surface area contributed by atoms with E-state index in [2.05, 4.69) is 0 Å². The van der Waals surface area contributed by atoms with E-state index in [4.69, 9.17) is 40.4 Å². The molecule has 2 aromatic rings. The summed E-state index contributed by atoms with van der Waals surface area (Å²) in [5.74, 6) is -0.935. The fraction of sp³-hybridized carbons (Fsp3) is 0.500. The van der Waals surface area contributed by atoms with E-state index in [1.807, 2.05) is 4.98 Å². The van der Waals surface area contributed by atoms with Crippen LogP contribution in [-0.4, -0.2) is 52.7 Å². The summed E-state index contributed by atoms with van der Waals surface area (Å²) in [5, 5.41) is 0.465. The summed E-state index contributed by atoms with van der Waals surface area (Å²) < 4.78 is 57.4. The second-order valence-electron chi connectivity index (χ2n) is 8.86. The molecule has 2 saturated heterocycles. The van der Waals surface area contributed by atoms with E-state index in [9.17, 15) is 18.9 Å². The fourth-order valence-corrected chi connectivity index (χ4v) is 5.64. The van der Waals surface area contributed by atoms with Gasteiger partial charge in [0.25, 0.3) is 5.56 Å². The topological polar surface area (TPSA) is 161 Å². The van der Waals surface area contributed by atoms with Gasteiger partial charge in [0.15, 0.2) is 18.0 Å². The zero-order valence-corrected chi connectivity index (χ0v) is 21.5. The maximum Gasteiger partial charge on any atom is 0.475 e. The van der Waals surface area contributed by atoms with Gasteiger partial charge in [0.1, 0.15) is 12.1 Å². The summed E-state index contributed by atoms with van der Waals surface area (Å²) in [6.45, 7) is 1.85. The van der Waals surface area contributed by atoms with Gasteiger partial charge in [-0.1, -0.05) is 23.7 Å². The van der Waals surface area contributed by atoms with E-state index >= 15 is 4.39 Å². The molecule has 12 nitrogen and oxygen atoms in total. The molecule has 4 rings (SSSR count). The minimum Gasteiger partial charge on any atom is -0.455 e. The normalized spacial score (nSPS) is 32.7. The van der Waals surface area contributed by atoms with Crippen LogP contribution in [-0.2, 0) is 32.4 Å². The SMILES string of the molecule is C[C@H](N)C(=O)O[C@@H]1[C@@H](CO[P@@]2(=O)OCC[C@@H](c3cccc(Cl)c3)O2)O[C@@H](n2ccc(=O)[nH]c2=O)[C@]1(C)F. The molecule has 3 N–H and O–H groups in total. The number of nitrogens with two attached hydrogens (primary N) is 1. The number of phosphoric ester groups is 1. The van der Waals surface area contributed by atoms with Crippen molar-refractivity contribution in [3.63, 3.8) is 0 Å². The number of phosphoric acid groups is 1. The average molecular weight is 562 g/mol. The maximum atomic E-state index is 16.1. The van der Waals surface area contributed by atoms with Gasteiger partial charge in [0.05, 0.1) is 19.3 Å². The Morgan fingerprint density at radius 2 is 2.16 bits per heavy atom. The Morgan fingerprint density at radius 3 is 2.84 bits per heavy atom. The van der Waals surface area contributed by atoms with Gasteiger partial charge in [-0.3, -0.25) is 32.7 Å². The second kappa shape index (κ2) is 10.8. The predicted molar refractivity (Wildman–Crippen MR) is 128 cm³/mol. The molecule has 2 fully saturated rings. The summed E-state index contributed by atoms with van der Waals surface area (Å²) in [6, 6.07) is 6.72. The largest absolute Gasteiger partial charge is 0.475 e. The highest BCUT2D eigenvalue weighted by atomic mass is 35.5. The van der Waals surface area contributed by atoms with Gasteiger partial charge >= 0.3 is 19.5 Å². The third kappa shape index (κ3) is 6.04. The van der Waals surface area contributed by atoms with Crippen LogP contribution in [0, 0.1) is 0 Å². The van der Waals surface area contributed by atoms with Crippen LogP contribution in [0.1, 0.15) is 38.2 Å². The van der Waals surface area contributed by atoms with E-state index < -0.39 is 67.9 Å². The van der Waals surface area contributed by atoms with Gasteiger partial charge in [-0.05, 0) is 31.5 Å². The number of hydrogen-bond acceptors (Lipinski definition) is 10. The van der Waals surface area contributed by atoms with Gasteiger partial charge < -0.3 is 15.2 Å². The van der Waals surface area contributed by atoms with Crippen molar-refractivity contribution in [2.24, 2.45) is 5.73 Å². The highest BCUT2D eigenvalue weighted by Gasteiger charge is 2.59. The van der Waals surface area contributed by atoms with Crippen molar-refractivity contribution in [2.75, 3.05) is 13.2 Å². The first-order valence-electron chi connectivity index (χ1n) is 11.3. The second-order valence-corrected chi connectivity index (χ2v) is 10.9. The third-order valence-corrected chi connectivity index (χ3v) is 7.61. The van der Waals surface area contributed by atoms with Crippen molar-refractivity contribution >= 4 is 25.4 Å². The van der Waals surface area contributed by atoms with Gasteiger partial charge in [0, 0.05) is 23.7 Å². The fourth-order valence-electron chi connectivity index (χ4n) is 4.05. The first kappa shape index (κ1) is 27.6. The van der Waals surface area contributed by atoms with Crippen LogP contribution in [0.5, 0.6) is 0 Å². The molecule has 0 aliphatic carbocycles. The molecule has 2 aliphatic rings. The number of rotatable bonds is 7. The van der Waals surface area contributed by atoms with Crippen LogP contribution in [0.3, 0.4) is 0 Å². The van der Waals surface area contributed by atoms with Crippen LogP contribution in [0.15, 0.2) is 46.1 Å². The standard InChI is InChI=1S/C22H26ClFN3O9P/c1-12(25)19(29)35-18-16(34-20(22(18,2)24)27-8-6-17(28)26-21(27)30)11-33-37(31)32-9-7-15(36-37)13-4-3-5-14(23)10-13/h3-6,8,10,12,15-16,18,20H,7,9,11,25H2,1-2H3,(H,26,28,30)/t12-,15-,16+,18+,20+,22+,37+/m0/s1. The number of H-pyrrole nitrogens is 1. The van der Waals surface area contributed by atoms with Crippen molar-refractivity contribution in [3.8, 4) is 0 Å². The Kier molecular flexibility index (Phi) is 8.05. The summed E-state index contributed by atoms with van der Waals surface area (Å²) in [7, 11) is -4.16. The molecule has 15 heteroatoms. The summed E-state index contributed by atoms with van der Waals surface area (Å²) >= 11 is 6.04.